The molecular formula is C22H30N4O5. The molecule has 2 aliphatic rings. The normalized spacial score (nSPS) is 19.2. The van der Waals surface area contributed by atoms with E-state index in [0.29, 0.717) is 24.5 Å². The van der Waals surface area contributed by atoms with Crippen LogP contribution < -0.4 is 20.8 Å². The SMILES string of the molecule is O=C(COc1ccc(/C=N\NC(=O)C(=O)NC[C@@H]2CCCO2)cc1)NC1CCCCC1. The predicted octanol–water partition coefficient (Wildman–Crippen LogP) is 1.26. The fraction of sp³-hybridized carbons (Fsp3) is 0.545. The second-order valence-corrected chi connectivity index (χ2v) is 7.80. The van der Waals surface area contributed by atoms with Crippen molar-refractivity contribution in [3.63, 3.8) is 0 Å². The van der Waals surface area contributed by atoms with E-state index in [2.05, 4.69) is 21.2 Å². The molecule has 3 amide bonds. The zero-order valence-corrected chi connectivity index (χ0v) is 17.6. The van der Waals surface area contributed by atoms with Gasteiger partial charge >= 0.3 is 11.8 Å². The van der Waals surface area contributed by atoms with Gasteiger partial charge in [0.25, 0.3) is 5.91 Å². The summed E-state index contributed by atoms with van der Waals surface area (Å²) in [5.74, 6) is -1.13. The molecule has 1 heterocycles. The molecule has 3 N–H and O–H groups in total. The first-order valence-corrected chi connectivity index (χ1v) is 10.9. The largest absolute Gasteiger partial charge is 0.484 e. The molecule has 0 aromatic heterocycles. The lowest BCUT2D eigenvalue weighted by Crippen LogP contribution is -2.41. The van der Waals surface area contributed by atoms with Crippen LogP contribution >= 0.6 is 0 Å². The van der Waals surface area contributed by atoms with Crippen LogP contribution in [-0.4, -0.2) is 55.8 Å². The highest BCUT2D eigenvalue weighted by Gasteiger charge is 2.19. The van der Waals surface area contributed by atoms with Crippen molar-refractivity contribution in [3.8, 4) is 5.75 Å². The van der Waals surface area contributed by atoms with Crippen molar-refractivity contribution in [2.45, 2.75) is 57.1 Å². The molecule has 0 unspecified atom stereocenters. The van der Waals surface area contributed by atoms with Crippen molar-refractivity contribution in [1.82, 2.24) is 16.1 Å². The number of hydrazone groups is 1. The van der Waals surface area contributed by atoms with Crippen LogP contribution in [0.2, 0.25) is 0 Å². The van der Waals surface area contributed by atoms with Crippen LogP contribution in [0.3, 0.4) is 0 Å². The summed E-state index contributed by atoms with van der Waals surface area (Å²) >= 11 is 0. The molecule has 0 radical (unpaired) electrons. The second-order valence-electron chi connectivity index (χ2n) is 7.80. The molecule has 1 aliphatic heterocycles. The monoisotopic (exact) mass is 430 g/mol. The Hall–Kier alpha value is -2.94. The number of hydrogen-bond donors (Lipinski definition) is 3. The number of ether oxygens (including phenoxy) is 2. The number of amides is 3. The van der Waals surface area contributed by atoms with E-state index in [-0.39, 0.29) is 24.7 Å². The summed E-state index contributed by atoms with van der Waals surface area (Å²) in [5, 5.41) is 9.33. The lowest BCUT2D eigenvalue weighted by atomic mass is 9.95. The molecule has 1 aromatic rings. The summed E-state index contributed by atoms with van der Waals surface area (Å²) in [7, 11) is 0. The molecular weight excluding hydrogens is 400 g/mol. The molecule has 0 spiro atoms. The van der Waals surface area contributed by atoms with E-state index < -0.39 is 11.8 Å². The zero-order valence-electron chi connectivity index (χ0n) is 17.6. The van der Waals surface area contributed by atoms with Gasteiger partial charge in [-0.15, -0.1) is 0 Å². The van der Waals surface area contributed by atoms with Crippen molar-refractivity contribution in [2.24, 2.45) is 5.10 Å². The van der Waals surface area contributed by atoms with Gasteiger partial charge in [0.2, 0.25) is 0 Å². The predicted molar refractivity (Wildman–Crippen MR) is 115 cm³/mol. The first-order chi connectivity index (χ1) is 15.1. The van der Waals surface area contributed by atoms with E-state index in [1.165, 1.54) is 12.6 Å². The van der Waals surface area contributed by atoms with Gasteiger partial charge in [-0.3, -0.25) is 14.4 Å². The standard InChI is InChI=1S/C22H30N4O5/c27-20(25-17-5-2-1-3-6-17)15-31-18-10-8-16(9-11-18)13-24-26-22(29)21(28)23-14-19-7-4-12-30-19/h8-11,13,17,19H,1-7,12,14-15H2,(H,23,28)(H,25,27)(H,26,29)/b24-13-/t19-/m0/s1. The minimum Gasteiger partial charge on any atom is -0.484 e. The fourth-order valence-corrected chi connectivity index (χ4v) is 3.62. The lowest BCUT2D eigenvalue weighted by molar-refractivity contribution is -0.139. The summed E-state index contributed by atoms with van der Waals surface area (Å²) in [4.78, 5) is 35.5. The molecule has 3 rings (SSSR count). The lowest BCUT2D eigenvalue weighted by Gasteiger charge is -2.22. The van der Waals surface area contributed by atoms with Gasteiger partial charge in [-0.1, -0.05) is 19.3 Å². The second kappa shape index (κ2) is 12.0. The van der Waals surface area contributed by atoms with Crippen molar-refractivity contribution in [3.05, 3.63) is 29.8 Å². The van der Waals surface area contributed by atoms with Gasteiger partial charge in [0.15, 0.2) is 6.61 Å². The van der Waals surface area contributed by atoms with E-state index in [4.69, 9.17) is 9.47 Å². The fourth-order valence-electron chi connectivity index (χ4n) is 3.62. The average Bonchev–Trinajstić information content (AvgIpc) is 3.31. The molecule has 2 fully saturated rings. The minimum absolute atomic E-state index is 0.0268. The minimum atomic E-state index is -0.835. The Morgan fingerprint density at radius 1 is 1.03 bits per heavy atom. The molecule has 168 valence electrons. The van der Waals surface area contributed by atoms with Crippen LogP contribution in [0.4, 0.5) is 0 Å². The molecule has 1 saturated heterocycles. The quantitative estimate of drug-likeness (QED) is 0.326. The third-order valence-electron chi connectivity index (χ3n) is 5.32. The van der Waals surface area contributed by atoms with Gasteiger partial charge in [-0.05, 0) is 55.5 Å². The number of carbonyl (C=O) groups is 3. The maximum Gasteiger partial charge on any atom is 0.329 e. The Kier molecular flexibility index (Phi) is 8.84. The Balaban J connectivity index is 1.34. The first kappa shape index (κ1) is 22.7. The molecule has 31 heavy (non-hydrogen) atoms. The number of nitrogens with zero attached hydrogens (tertiary/aromatic N) is 1. The molecule has 1 atom stereocenters. The summed E-state index contributed by atoms with van der Waals surface area (Å²) in [6.45, 7) is 0.978. The Bertz CT molecular complexity index is 769. The third kappa shape index (κ3) is 8.01. The van der Waals surface area contributed by atoms with Crippen molar-refractivity contribution >= 4 is 23.9 Å². The summed E-state index contributed by atoms with van der Waals surface area (Å²) in [5.41, 5.74) is 2.90. The first-order valence-electron chi connectivity index (χ1n) is 10.9. The van der Waals surface area contributed by atoms with E-state index in [9.17, 15) is 14.4 Å². The van der Waals surface area contributed by atoms with Crippen molar-refractivity contribution in [2.75, 3.05) is 19.8 Å². The number of rotatable bonds is 8. The van der Waals surface area contributed by atoms with Gasteiger partial charge < -0.3 is 20.1 Å². The van der Waals surface area contributed by atoms with E-state index in [0.717, 1.165) is 38.5 Å². The van der Waals surface area contributed by atoms with Crippen LogP contribution in [0.25, 0.3) is 0 Å². The maximum absolute atomic E-state index is 12.0. The molecule has 1 saturated carbocycles. The van der Waals surface area contributed by atoms with Crippen LogP contribution in [-0.2, 0) is 19.1 Å². The zero-order chi connectivity index (χ0) is 21.9. The van der Waals surface area contributed by atoms with Crippen molar-refractivity contribution < 1.29 is 23.9 Å². The molecule has 9 nitrogen and oxygen atoms in total. The number of hydrogen-bond acceptors (Lipinski definition) is 6. The summed E-state index contributed by atoms with van der Waals surface area (Å²) in [6.07, 6.45) is 8.87. The summed E-state index contributed by atoms with van der Waals surface area (Å²) in [6, 6.07) is 7.16. The van der Waals surface area contributed by atoms with Gasteiger partial charge in [-0.25, -0.2) is 5.43 Å². The van der Waals surface area contributed by atoms with Crippen LogP contribution in [0.15, 0.2) is 29.4 Å². The van der Waals surface area contributed by atoms with E-state index in [1.54, 1.807) is 24.3 Å². The Labute approximate surface area is 181 Å². The number of benzene rings is 1. The highest BCUT2D eigenvalue weighted by Crippen LogP contribution is 2.17. The molecule has 1 aliphatic carbocycles. The molecule has 1 aromatic carbocycles. The Morgan fingerprint density at radius 3 is 2.52 bits per heavy atom. The molecule has 9 heteroatoms. The third-order valence-corrected chi connectivity index (χ3v) is 5.32. The molecule has 0 bridgehead atoms. The smallest absolute Gasteiger partial charge is 0.329 e. The van der Waals surface area contributed by atoms with E-state index >= 15 is 0 Å². The van der Waals surface area contributed by atoms with Gasteiger partial charge in [0.1, 0.15) is 5.75 Å². The van der Waals surface area contributed by atoms with Crippen molar-refractivity contribution in [1.29, 1.82) is 0 Å². The van der Waals surface area contributed by atoms with Crippen LogP contribution in [0.5, 0.6) is 5.75 Å². The summed E-state index contributed by atoms with van der Waals surface area (Å²) < 4.78 is 10.9. The topological polar surface area (TPSA) is 118 Å². The van der Waals surface area contributed by atoms with Crippen LogP contribution in [0.1, 0.15) is 50.5 Å². The highest BCUT2D eigenvalue weighted by molar-refractivity contribution is 6.35. The number of nitrogens with one attached hydrogen (secondary N) is 3. The average molecular weight is 431 g/mol. The van der Waals surface area contributed by atoms with Gasteiger partial charge in [0.05, 0.1) is 12.3 Å². The number of carbonyl (C=O) groups excluding carboxylic acids is 3. The Morgan fingerprint density at radius 2 is 1.81 bits per heavy atom. The van der Waals surface area contributed by atoms with Gasteiger partial charge in [-0.2, -0.15) is 5.10 Å². The van der Waals surface area contributed by atoms with Crippen LogP contribution in [0, 0.1) is 0 Å². The highest BCUT2D eigenvalue weighted by atomic mass is 16.5. The van der Waals surface area contributed by atoms with Gasteiger partial charge in [0, 0.05) is 19.2 Å². The maximum atomic E-state index is 12.0. The van der Waals surface area contributed by atoms with E-state index in [1.807, 2.05) is 0 Å².